The molecule has 0 fully saturated rings. The van der Waals surface area contributed by atoms with Gasteiger partial charge in [-0.05, 0) is 97.7 Å². The van der Waals surface area contributed by atoms with Crippen LogP contribution >= 0.6 is 0 Å². The number of fused-ring (bicyclic) bond motifs is 2. The van der Waals surface area contributed by atoms with Crippen molar-refractivity contribution in [3.63, 3.8) is 0 Å². The van der Waals surface area contributed by atoms with E-state index in [9.17, 15) is 20.1 Å². The monoisotopic (exact) mass is 902 g/mol. The molecular weight excluding hydrogens is 845 g/mol. The average Bonchev–Trinajstić information content (AvgIpc) is 3.82. The van der Waals surface area contributed by atoms with E-state index in [1.54, 1.807) is 69.8 Å². The smallest absolute Gasteiger partial charge is 0.236 e. The van der Waals surface area contributed by atoms with Gasteiger partial charge in [-0.25, -0.2) is 9.97 Å². The third-order valence-electron chi connectivity index (χ3n) is 10.3. The normalized spacial score (nSPS) is 11.4. The summed E-state index contributed by atoms with van der Waals surface area (Å²) in [5.74, 6) is 1.44. The number of benzene rings is 4. The zero-order valence-corrected chi connectivity index (χ0v) is 41.0. The molecule has 6 rings (SSSR count). The van der Waals surface area contributed by atoms with E-state index in [4.69, 9.17) is 28.4 Å². The predicted octanol–water partition coefficient (Wildman–Crippen LogP) is 9.55. The second-order valence-corrected chi connectivity index (χ2v) is 29.0. The first-order valence-corrected chi connectivity index (χ1v) is 28.3. The number of ketones is 2. The summed E-state index contributed by atoms with van der Waals surface area (Å²) in [5, 5.41) is 18.6. The lowest BCUT2D eigenvalue weighted by molar-refractivity contribution is 0.0832. The molecule has 0 amide bonds. The van der Waals surface area contributed by atoms with E-state index in [0.29, 0.717) is 75.0 Å². The van der Waals surface area contributed by atoms with Gasteiger partial charge in [0.2, 0.25) is 11.6 Å². The van der Waals surface area contributed by atoms with Gasteiger partial charge in [0.05, 0.1) is 73.8 Å². The van der Waals surface area contributed by atoms with Crippen molar-refractivity contribution in [2.45, 2.75) is 78.7 Å². The van der Waals surface area contributed by atoms with Crippen LogP contribution in [0.2, 0.25) is 51.4 Å². The fraction of sp³-hybridized carbons (Fsp3) is 0.375. The highest BCUT2D eigenvalue weighted by atomic mass is 28.3. The molecule has 0 aliphatic heterocycles. The average molecular weight is 903 g/mol. The van der Waals surface area contributed by atoms with Crippen molar-refractivity contribution in [3.05, 3.63) is 106 Å². The molecule has 0 saturated heterocycles. The summed E-state index contributed by atoms with van der Waals surface area (Å²) in [6.45, 7) is 19.1. The van der Waals surface area contributed by atoms with Crippen molar-refractivity contribution in [2.24, 2.45) is 0 Å². The predicted molar refractivity (Wildman–Crippen MR) is 253 cm³/mol. The Bertz CT molecular complexity index is 2630. The van der Waals surface area contributed by atoms with Crippen molar-refractivity contribution >= 4 is 49.8 Å². The van der Waals surface area contributed by atoms with Gasteiger partial charge in [0.15, 0.2) is 11.6 Å². The van der Waals surface area contributed by atoms with Crippen LogP contribution in [-0.2, 0) is 22.9 Å². The second-order valence-electron chi connectivity index (χ2n) is 17.8. The molecule has 6 aromatic rings. The fourth-order valence-corrected chi connectivity index (χ4v) is 8.34. The number of hydrogen-bond donors (Lipinski definition) is 0. The van der Waals surface area contributed by atoms with Gasteiger partial charge in [0, 0.05) is 29.4 Å². The topological polar surface area (TPSA) is 173 Å². The van der Waals surface area contributed by atoms with Gasteiger partial charge in [0.1, 0.15) is 47.6 Å². The first kappa shape index (κ1) is 48.7. The maximum atomic E-state index is 13.7. The summed E-state index contributed by atoms with van der Waals surface area (Å²) in [6.07, 6.45) is 0. The Morgan fingerprint density at radius 1 is 0.562 bits per heavy atom. The van der Waals surface area contributed by atoms with E-state index < -0.39 is 16.1 Å². The van der Waals surface area contributed by atoms with Gasteiger partial charge in [0.25, 0.3) is 0 Å². The van der Waals surface area contributed by atoms with Gasteiger partial charge >= 0.3 is 0 Å². The van der Waals surface area contributed by atoms with Gasteiger partial charge in [-0.1, -0.05) is 39.3 Å². The Morgan fingerprint density at radius 3 is 1.36 bits per heavy atom. The Hall–Kier alpha value is -6.31. The minimum absolute atomic E-state index is 0.160. The number of carbonyl (C=O) groups is 2. The molecule has 64 heavy (non-hydrogen) atoms. The zero-order chi connectivity index (χ0) is 46.9. The number of hydrogen-bond acceptors (Lipinski definition) is 12. The molecule has 2 heterocycles. The largest absolute Gasteiger partial charge is 0.496 e. The van der Waals surface area contributed by atoms with Crippen LogP contribution in [0.15, 0.2) is 60.7 Å². The SMILES string of the molecule is COc1cc(C)cc(OC)c1C(=O)c1nc2cc(C#N)ccc2n1COCC[Si](C)(C)C.COc1cc(C)cc(OC)c1C(=O)c1nc2ccc(C#N)cc2n1COCC[Si](C)(C)C. The highest BCUT2D eigenvalue weighted by Crippen LogP contribution is 2.35. The van der Waals surface area contributed by atoms with Crippen LogP contribution in [0.4, 0.5) is 0 Å². The van der Waals surface area contributed by atoms with Gasteiger partial charge < -0.3 is 28.4 Å². The quantitative estimate of drug-likeness (QED) is 0.0455. The van der Waals surface area contributed by atoms with Crippen LogP contribution in [0, 0.1) is 36.5 Å². The molecule has 2 aromatic heterocycles. The summed E-state index contributed by atoms with van der Waals surface area (Å²) < 4.78 is 37.3. The minimum atomic E-state index is -1.26. The van der Waals surface area contributed by atoms with Crippen LogP contribution in [-0.4, -0.2) is 88.5 Å². The Kier molecular flexibility index (Phi) is 15.9. The molecule has 0 radical (unpaired) electrons. The number of aryl methyl sites for hydroxylation is 2. The van der Waals surface area contributed by atoms with E-state index in [0.717, 1.165) is 28.7 Å². The lowest BCUT2D eigenvalue weighted by Gasteiger charge is -2.17. The Morgan fingerprint density at radius 2 is 0.953 bits per heavy atom. The van der Waals surface area contributed by atoms with E-state index in [1.165, 1.54) is 28.4 Å². The Labute approximate surface area is 377 Å². The van der Waals surface area contributed by atoms with Crippen LogP contribution < -0.4 is 18.9 Å². The van der Waals surface area contributed by atoms with E-state index in [1.807, 2.05) is 13.8 Å². The maximum absolute atomic E-state index is 13.7. The number of nitrogens with zero attached hydrogens (tertiary/aromatic N) is 6. The van der Waals surface area contributed by atoms with E-state index in [2.05, 4.69) is 61.4 Å². The number of nitriles is 2. The number of methoxy groups -OCH3 is 4. The van der Waals surface area contributed by atoms with Crippen molar-refractivity contribution < 1.29 is 38.0 Å². The van der Waals surface area contributed by atoms with Crippen molar-refractivity contribution in [1.82, 2.24) is 19.1 Å². The van der Waals surface area contributed by atoms with Crippen LogP contribution in [0.25, 0.3) is 22.1 Å². The van der Waals surface area contributed by atoms with Crippen LogP contribution in [0.1, 0.15) is 54.6 Å². The van der Waals surface area contributed by atoms with Gasteiger partial charge in [-0.3, -0.25) is 18.7 Å². The highest BCUT2D eigenvalue weighted by molar-refractivity contribution is 6.76. The second kappa shape index (κ2) is 20.9. The van der Waals surface area contributed by atoms with E-state index >= 15 is 0 Å². The third kappa shape index (κ3) is 11.6. The van der Waals surface area contributed by atoms with Crippen LogP contribution in [0.3, 0.4) is 0 Å². The lowest BCUT2D eigenvalue weighted by Crippen LogP contribution is -2.22. The molecule has 0 atom stereocenters. The lowest BCUT2D eigenvalue weighted by atomic mass is 10.0. The first-order chi connectivity index (χ1) is 30.4. The minimum Gasteiger partial charge on any atom is -0.496 e. The van der Waals surface area contributed by atoms with Gasteiger partial charge in [-0.2, -0.15) is 10.5 Å². The molecule has 0 N–H and O–H groups in total. The third-order valence-corrected chi connectivity index (χ3v) is 13.8. The van der Waals surface area contributed by atoms with Crippen molar-refractivity contribution in [3.8, 4) is 35.1 Å². The molecule has 0 saturated carbocycles. The highest BCUT2D eigenvalue weighted by Gasteiger charge is 2.28. The summed E-state index contributed by atoms with van der Waals surface area (Å²) in [7, 11) is 3.57. The molecule has 0 spiro atoms. The molecule has 0 unspecified atom stereocenters. The van der Waals surface area contributed by atoms with Crippen molar-refractivity contribution in [2.75, 3.05) is 41.7 Å². The maximum Gasteiger partial charge on any atom is 0.236 e. The molecule has 336 valence electrons. The summed E-state index contributed by atoms with van der Waals surface area (Å²) >= 11 is 0. The number of imidazole rings is 2. The molecular formula is C48H58N6O8Si2. The van der Waals surface area contributed by atoms with Crippen LogP contribution in [0.5, 0.6) is 23.0 Å². The van der Waals surface area contributed by atoms with Gasteiger partial charge in [-0.15, -0.1) is 0 Å². The standard InChI is InChI=1S/2C24H29N3O4Si/c1-16-11-20(29-2)22(21(12-16)30-3)23(28)24-26-18-13-17(14-25)7-8-19(18)27(24)15-31-9-10-32(4,5)6;1-16-11-20(29-2)22(21(12-16)30-3)23(28)24-26-18-8-7-17(14-25)13-19(18)27(24)15-31-9-10-32(4,5)6/h2*7-8,11-13H,9-10,15H2,1-6H3. The number of ether oxygens (including phenoxy) is 6. The fourth-order valence-electron chi connectivity index (χ4n) is 6.83. The molecule has 0 aliphatic carbocycles. The molecule has 0 bridgehead atoms. The molecule has 0 aliphatic rings. The molecule has 14 nitrogen and oxygen atoms in total. The molecule has 4 aromatic carbocycles. The first-order valence-electron chi connectivity index (χ1n) is 20.9. The molecule has 16 heteroatoms. The number of rotatable bonds is 18. The zero-order valence-electron chi connectivity index (χ0n) is 39.0. The summed E-state index contributed by atoms with van der Waals surface area (Å²) in [6, 6.07) is 23.8. The van der Waals surface area contributed by atoms with E-state index in [-0.39, 0.29) is 36.7 Å². The van der Waals surface area contributed by atoms with Crippen molar-refractivity contribution in [1.29, 1.82) is 10.5 Å². The Balaban J connectivity index is 0.000000241. The summed E-state index contributed by atoms with van der Waals surface area (Å²) in [4.78, 5) is 36.6. The number of aromatic nitrogens is 4. The number of carbonyl (C=O) groups excluding carboxylic acids is 2. The summed E-state index contributed by atoms with van der Waals surface area (Å²) in [5.41, 5.74) is 5.98.